The Bertz CT molecular complexity index is 1410. The standard InChI is InChI=1S/C30H23BrN2O4/c31-22-13-15-23(16-14-22)32-29(34)26-27(33(37-28(26)30(32)35)24-9-5-2-6-10-24)21-11-17-25(18-12-21)36-19-20-7-3-1-4-8-20/h1-18,26-28H,19H2/t26-,27+,28+/m1/s1. The van der Waals surface area contributed by atoms with E-state index in [-0.39, 0.29) is 11.8 Å². The number of fused-ring (bicyclic) bond motifs is 1. The Labute approximate surface area is 223 Å². The molecule has 7 heteroatoms. The summed E-state index contributed by atoms with van der Waals surface area (Å²) in [5.74, 6) is -0.596. The molecular weight excluding hydrogens is 532 g/mol. The van der Waals surface area contributed by atoms with Crippen LogP contribution in [0.2, 0.25) is 0 Å². The summed E-state index contributed by atoms with van der Waals surface area (Å²) in [6.07, 6.45) is -0.907. The normalized spacial score (nSPS) is 20.8. The SMILES string of the molecule is O=C1[C@H]2[C@H](ON(c3ccccc3)[C@H]2c2ccc(OCc3ccccc3)cc2)C(=O)N1c1ccc(Br)cc1. The van der Waals surface area contributed by atoms with Crippen molar-refractivity contribution in [2.24, 2.45) is 5.92 Å². The summed E-state index contributed by atoms with van der Waals surface area (Å²) in [6, 6.07) is 33.8. The van der Waals surface area contributed by atoms with Crippen LogP contribution in [0.3, 0.4) is 0 Å². The molecule has 184 valence electrons. The van der Waals surface area contributed by atoms with E-state index in [1.165, 1.54) is 4.90 Å². The van der Waals surface area contributed by atoms with Crippen LogP contribution < -0.4 is 14.7 Å². The number of amides is 2. The molecule has 4 aromatic carbocycles. The van der Waals surface area contributed by atoms with Crippen LogP contribution in [0.1, 0.15) is 17.2 Å². The predicted octanol–water partition coefficient (Wildman–Crippen LogP) is 6.08. The second kappa shape index (κ2) is 9.84. The van der Waals surface area contributed by atoms with Gasteiger partial charge in [-0.1, -0.05) is 76.6 Å². The van der Waals surface area contributed by atoms with Gasteiger partial charge >= 0.3 is 0 Å². The average molecular weight is 555 g/mol. The summed E-state index contributed by atoms with van der Waals surface area (Å²) >= 11 is 3.41. The van der Waals surface area contributed by atoms with Crippen LogP contribution >= 0.6 is 15.9 Å². The fourth-order valence-corrected chi connectivity index (χ4v) is 5.16. The second-order valence-electron chi connectivity index (χ2n) is 8.99. The van der Waals surface area contributed by atoms with Crippen molar-refractivity contribution in [2.75, 3.05) is 9.96 Å². The van der Waals surface area contributed by atoms with Gasteiger partial charge in [0.05, 0.1) is 17.4 Å². The molecule has 2 aliphatic rings. The predicted molar refractivity (Wildman–Crippen MR) is 144 cm³/mol. The van der Waals surface area contributed by atoms with E-state index in [0.717, 1.165) is 27.0 Å². The summed E-state index contributed by atoms with van der Waals surface area (Å²) < 4.78 is 6.82. The minimum Gasteiger partial charge on any atom is -0.489 e. The molecule has 37 heavy (non-hydrogen) atoms. The van der Waals surface area contributed by atoms with Gasteiger partial charge in [0.2, 0.25) is 5.91 Å². The van der Waals surface area contributed by atoms with Gasteiger partial charge in [0.25, 0.3) is 5.91 Å². The smallest absolute Gasteiger partial charge is 0.266 e. The van der Waals surface area contributed by atoms with Gasteiger partial charge in [0.1, 0.15) is 18.3 Å². The minimum absolute atomic E-state index is 0.273. The van der Waals surface area contributed by atoms with Crippen molar-refractivity contribution in [2.45, 2.75) is 18.8 Å². The van der Waals surface area contributed by atoms with Crippen LogP contribution in [-0.2, 0) is 21.0 Å². The minimum atomic E-state index is -0.907. The van der Waals surface area contributed by atoms with Crippen LogP contribution in [0.5, 0.6) is 5.75 Å². The molecule has 0 spiro atoms. The Morgan fingerprint density at radius 2 is 1.38 bits per heavy atom. The molecule has 0 bridgehead atoms. The van der Waals surface area contributed by atoms with Gasteiger partial charge in [-0.15, -0.1) is 0 Å². The molecule has 0 aliphatic carbocycles. The number of hydrogen-bond donors (Lipinski definition) is 0. The number of imide groups is 1. The third-order valence-corrected chi connectivity index (χ3v) is 7.21. The van der Waals surface area contributed by atoms with E-state index in [4.69, 9.17) is 9.57 Å². The van der Waals surface area contributed by atoms with Crippen LogP contribution in [0.15, 0.2) is 114 Å². The Morgan fingerprint density at radius 3 is 2.05 bits per heavy atom. The summed E-state index contributed by atoms with van der Waals surface area (Å²) in [4.78, 5) is 34.6. The van der Waals surface area contributed by atoms with Crippen molar-refractivity contribution >= 4 is 39.1 Å². The quantitative estimate of drug-likeness (QED) is 0.270. The van der Waals surface area contributed by atoms with E-state index in [1.807, 2.05) is 97.1 Å². The zero-order chi connectivity index (χ0) is 25.4. The highest BCUT2D eigenvalue weighted by atomic mass is 79.9. The highest BCUT2D eigenvalue weighted by Crippen LogP contribution is 2.47. The topological polar surface area (TPSA) is 59.1 Å². The first-order chi connectivity index (χ1) is 18.1. The van der Waals surface area contributed by atoms with Gasteiger partial charge < -0.3 is 4.74 Å². The number of rotatable bonds is 6. The molecule has 2 fully saturated rings. The molecule has 2 saturated heterocycles. The molecule has 6 nitrogen and oxygen atoms in total. The Kier molecular flexibility index (Phi) is 6.24. The van der Waals surface area contributed by atoms with Crippen LogP contribution in [0, 0.1) is 5.92 Å². The summed E-state index contributed by atoms with van der Waals surface area (Å²) in [7, 11) is 0. The number of halogens is 1. The van der Waals surface area contributed by atoms with E-state index in [0.29, 0.717) is 12.3 Å². The van der Waals surface area contributed by atoms with E-state index >= 15 is 0 Å². The molecule has 0 unspecified atom stereocenters. The zero-order valence-electron chi connectivity index (χ0n) is 19.7. The van der Waals surface area contributed by atoms with Gasteiger partial charge in [-0.05, 0) is 59.7 Å². The molecule has 0 N–H and O–H groups in total. The molecule has 6 rings (SSSR count). The number of benzene rings is 4. The van der Waals surface area contributed by atoms with Gasteiger partial charge in [0.15, 0.2) is 6.10 Å². The lowest BCUT2D eigenvalue weighted by Gasteiger charge is -2.28. The first-order valence-electron chi connectivity index (χ1n) is 12.0. The maximum absolute atomic E-state index is 13.7. The number of ether oxygens (including phenoxy) is 1. The molecule has 0 saturated carbocycles. The fraction of sp³-hybridized carbons (Fsp3) is 0.133. The number of para-hydroxylation sites is 1. The molecule has 2 amide bonds. The van der Waals surface area contributed by atoms with Gasteiger partial charge in [0, 0.05) is 4.47 Å². The molecule has 4 aromatic rings. The summed E-state index contributed by atoms with van der Waals surface area (Å²) in [6.45, 7) is 0.461. The maximum Gasteiger partial charge on any atom is 0.266 e. The third kappa shape index (κ3) is 4.41. The summed E-state index contributed by atoms with van der Waals surface area (Å²) in [5.41, 5.74) is 3.26. The van der Waals surface area contributed by atoms with Gasteiger partial charge in [-0.3, -0.25) is 14.4 Å². The van der Waals surface area contributed by atoms with E-state index in [1.54, 1.807) is 17.2 Å². The molecule has 3 atom stereocenters. The first kappa shape index (κ1) is 23.5. The van der Waals surface area contributed by atoms with Crippen molar-refractivity contribution in [1.29, 1.82) is 0 Å². The number of nitrogens with zero attached hydrogens (tertiary/aromatic N) is 2. The maximum atomic E-state index is 13.7. The van der Waals surface area contributed by atoms with Crippen molar-refractivity contribution < 1.29 is 19.2 Å². The Hall–Kier alpha value is -3.94. The number of carbonyl (C=O) groups is 2. The fourth-order valence-electron chi connectivity index (χ4n) is 4.90. The van der Waals surface area contributed by atoms with E-state index < -0.39 is 18.1 Å². The van der Waals surface area contributed by atoms with E-state index in [9.17, 15) is 9.59 Å². The Balaban J connectivity index is 1.31. The number of hydroxylamine groups is 1. The van der Waals surface area contributed by atoms with Crippen LogP contribution in [-0.4, -0.2) is 17.9 Å². The average Bonchev–Trinajstić information content (AvgIpc) is 3.45. The first-order valence-corrected chi connectivity index (χ1v) is 12.8. The van der Waals surface area contributed by atoms with Crippen LogP contribution in [0.4, 0.5) is 11.4 Å². The zero-order valence-corrected chi connectivity index (χ0v) is 21.3. The number of carbonyl (C=O) groups excluding carboxylic acids is 2. The lowest BCUT2D eigenvalue weighted by atomic mass is 9.90. The highest BCUT2D eigenvalue weighted by molar-refractivity contribution is 9.10. The molecule has 0 aromatic heterocycles. The third-order valence-electron chi connectivity index (χ3n) is 6.68. The Morgan fingerprint density at radius 1 is 0.730 bits per heavy atom. The van der Waals surface area contributed by atoms with Crippen molar-refractivity contribution in [1.82, 2.24) is 0 Å². The molecule has 2 heterocycles. The number of anilines is 2. The lowest BCUT2D eigenvalue weighted by Crippen LogP contribution is -2.37. The molecule has 2 aliphatic heterocycles. The van der Waals surface area contributed by atoms with Crippen molar-refractivity contribution in [3.05, 3.63) is 125 Å². The van der Waals surface area contributed by atoms with Gasteiger partial charge in [-0.25, -0.2) is 9.96 Å². The van der Waals surface area contributed by atoms with Crippen LogP contribution in [0.25, 0.3) is 0 Å². The largest absolute Gasteiger partial charge is 0.489 e. The lowest BCUT2D eigenvalue weighted by molar-refractivity contribution is -0.126. The van der Waals surface area contributed by atoms with Crippen molar-refractivity contribution in [3.63, 3.8) is 0 Å². The molecular formula is C30H23BrN2O4. The number of hydrogen-bond acceptors (Lipinski definition) is 5. The monoisotopic (exact) mass is 554 g/mol. The van der Waals surface area contributed by atoms with E-state index in [2.05, 4.69) is 15.9 Å². The molecule has 0 radical (unpaired) electrons. The second-order valence-corrected chi connectivity index (χ2v) is 9.91. The highest BCUT2D eigenvalue weighted by Gasteiger charge is 2.60. The summed E-state index contributed by atoms with van der Waals surface area (Å²) in [5, 5.41) is 1.70. The van der Waals surface area contributed by atoms with Crippen molar-refractivity contribution in [3.8, 4) is 5.75 Å². The van der Waals surface area contributed by atoms with Gasteiger partial charge in [-0.2, -0.15) is 0 Å².